The van der Waals surface area contributed by atoms with E-state index in [0.29, 0.717) is 24.3 Å². The number of nitrogens with zero attached hydrogens (tertiary/aromatic N) is 2. The number of fused-ring (bicyclic) bond motifs is 1. The summed E-state index contributed by atoms with van der Waals surface area (Å²) in [5.41, 5.74) is -1.38. The summed E-state index contributed by atoms with van der Waals surface area (Å²) in [5.74, 6) is -2.79. The molecule has 3 rings (SSSR count). The van der Waals surface area contributed by atoms with Crippen LogP contribution in [0.5, 0.6) is 17.2 Å². The fraction of sp³-hybridized carbons (Fsp3) is 0. The van der Waals surface area contributed by atoms with E-state index in [0.717, 1.165) is 12.1 Å². The molecule has 0 saturated carbocycles. The number of rotatable bonds is 5. The van der Waals surface area contributed by atoms with E-state index >= 15 is 0 Å². The van der Waals surface area contributed by atoms with Crippen LogP contribution in [-0.2, 0) is 30.4 Å². The Kier molecular flexibility index (Phi) is 9.91. The molecule has 3 aromatic rings. The van der Waals surface area contributed by atoms with Crippen molar-refractivity contribution in [3.05, 3.63) is 36.4 Å². The topological polar surface area (TPSA) is 249 Å². The molecule has 6 N–H and O–H groups in total. The minimum atomic E-state index is -5.13. The van der Waals surface area contributed by atoms with Gasteiger partial charge in [0.25, 0.3) is 30.4 Å². The molecule has 0 saturated heterocycles. The summed E-state index contributed by atoms with van der Waals surface area (Å²) in [4.78, 5) is -2.62. The van der Waals surface area contributed by atoms with Crippen molar-refractivity contribution < 1.29 is 54.2 Å². The Bertz CT molecular complexity index is 1670. The molecule has 3 aromatic carbocycles. The van der Waals surface area contributed by atoms with Gasteiger partial charge >= 0.3 is 59.1 Å². The third kappa shape index (κ3) is 6.90. The number of aromatic hydroxyl groups is 3. The van der Waals surface area contributed by atoms with Gasteiger partial charge in [0.1, 0.15) is 27.8 Å². The van der Waals surface area contributed by atoms with Gasteiger partial charge in [0.15, 0.2) is 5.75 Å². The Balaban J connectivity index is 0.00000306. The summed E-state index contributed by atoms with van der Waals surface area (Å²) in [7, 11) is -14.6. The zero-order valence-corrected chi connectivity index (χ0v) is 18.2. The van der Waals surface area contributed by atoms with Crippen LogP contribution in [0, 0.1) is 0 Å². The summed E-state index contributed by atoms with van der Waals surface area (Å²) >= 11 is 0. The molecule has 0 bridgehead atoms. The van der Waals surface area contributed by atoms with Crippen molar-refractivity contribution in [3.63, 3.8) is 0 Å². The Morgan fingerprint density at radius 1 is 0.629 bits per heavy atom. The molecule has 0 aliphatic carbocycles. The molecule has 0 spiro atoms. The van der Waals surface area contributed by atoms with Crippen LogP contribution in [0.15, 0.2) is 61.3 Å². The van der Waals surface area contributed by atoms with Gasteiger partial charge in [-0.15, -0.1) is 10.2 Å². The first-order chi connectivity index (χ1) is 15.0. The fourth-order valence-corrected chi connectivity index (χ4v) is 4.43. The van der Waals surface area contributed by atoms with E-state index in [1.807, 2.05) is 0 Å². The molecular formula is C16H14N2Na2O12S3. The molecular weight excluding hydrogens is 554 g/mol. The van der Waals surface area contributed by atoms with Crippen LogP contribution in [0.2, 0.25) is 0 Å². The number of hydrogen-bond donors (Lipinski definition) is 6. The van der Waals surface area contributed by atoms with E-state index in [9.17, 15) is 45.1 Å². The van der Waals surface area contributed by atoms with E-state index in [-0.39, 0.29) is 59.1 Å². The Hall–Kier alpha value is -1.35. The standard InChI is InChI=1S/C16H12N2O12S3.2Na.2H/c19-11-5-8(31(22,23)24)1-2-10(11)17-18-15-13(33(28,29)30)4-7-3-9(32(25,26)27)6-12(20)14(7)16(15)21;;;;/h1-6,19-21H,(H,22,23,24)(H,25,26,27)(H,28,29,30);;;;. The maximum atomic E-state index is 11.8. The van der Waals surface area contributed by atoms with Gasteiger partial charge in [-0.3, -0.25) is 13.7 Å². The minimum absolute atomic E-state index is 0. The van der Waals surface area contributed by atoms with Crippen LogP contribution in [0.1, 0.15) is 0 Å². The van der Waals surface area contributed by atoms with Crippen molar-refractivity contribution in [2.24, 2.45) is 10.2 Å². The molecule has 14 nitrogen and oxygen atoms in total. The van der Waals surface area contributed by atoms with Crippen molar-refractivity contribution in [2.45, 2.75) is 14.7 Å². The third-order valence-corrected chi connectivity index (χ3v) is 6.73. The first-order valence-corrected chi connectivity index (χ1v) is 12.5. The molecule has 0 atom stereocenters. The maximum absolute atomic E-state index is 11.8. The summed E-state index contributed by atoms with van der Waals surface area (Å²) in [6.07, 6.45) is 0. The average molecular weight is 568 g/mol. The van der Waals surface area contributed by atoms with E-state index in [1.54, 1.807) is 0 Å². The number of phenols is 3. The second kappa shape index (κ2) is 11.0. The zero-order valence-electron chi connectivity index (χ0n) is 15.7. The third-order valence-electron chi connectivity index (χ3n) is 4.18. The first-order valence-electron chi connectivity index (χ1n) is 8.20. The van der Waals surface area contributed by atoms with Crippen LogP contribution in [0.3, 0.4) is 0 Å². The second-order valence-electron chi connectivity index (χ2n) is 6.39. The Morgan fingerprint density at radius 3 is 1.66 bits per heavy atom. The molecule has 19 heteroatoms. The zero-order chi connectivity index (χ0) is 24.9. The van der Waals surface area contributed by atoms with Gasteiger partial charge in [-0.05, 0) is 29.7 Å². The summed E-state index contributed by atoms with van der Waals surface area (Å²) in [6.45, 7) is 0. The molecule has 0 aliphatic rings. The van der Waals surface area contributed by atoms with Crippen molar-refractivity contribution in [3.8, 4) is 17.2 Å². The van der Waals surface area contributed by atoms with E-state index in [4.69, 9.17) is 9.11 Å². The van der Waals surface area contributed by atoms with Crippen LogP contribution >= 0.6 is 0 Å². The fourth-order valence-electron chi connectivity index (χ4n) is 2.73. The Labute approximate surface area is 242 Å². The van der Waals surface area contributed by atoms with E-state index in [2.05, 4.69) is 10.2 Å². The molecule has 35 heavy (non-hydrogen) atoms. The normalized spacial score (nSPS) is 12.3. The van der Waals surface area contributed by atoms with Gasteiger partial charge < -0.3 is 15.3 Å². The summed E-state index contributed by atoms with van der Waals surface area (Å²) in [6, 6.07) is 4.22. The molecule has 180 valence electrons. The quantitative estimate of drug-likeness (QED) is 0.142. The summed E-state index contributed by atoms with van der Waals surface area (Å²) in [5, 5.41) is 36.4. The first kappa shape index (κ1) is 31.7. The van der Waals surface area contributed by atoms with Gasteiger partial charge in [-0.1, -0.05) is 0 Å². The second-order valence-corrected chi connectivity index (χ2v) is 10.6. The van der Waals surface area contributed by atoms with Crippen LogP contribution in [-0.4, -0.2) is 113 Å². The number of hydrogen-bond acceptors (Lipinski definition) is 11. The van der Waals surface area contributed by atoms with Crippen molar-refractivity contribution in [2.75, 3.05) is 0 Å². The predicted molar refractivity (Wildman–Crippen MR) is 123 cm³/mol. The molecule has 0 heterocycles. The molecule has 0 aromatic heterocycles. The van der Waals surface area contributed by atoms with Gasteiger partial charge in [0, 0.05) is 12.1 Å². The van der Waals surface area contributed by atoms with Gasteiger partial charge in [0.2, 0.25) is 0 Å². The average Bonchev–Trinajstić information content (AvgIpc) is 2.65. The molecule has 0 unspecified atom stereocenters. The van der Waals surface area contributed by atoms with E-state index in [1.165, 1.54) is 0 Å². The van der Waals surface area contributed by atoms with Crippen molar-refractivity contribution >= 4 is 112 Å². The number of benzene rings is 3. The van der Waals surface area contributed by atoms with Gasteiger partial charge in [-0.25, -0.2) is 0 Å². The summed E-state index contributed by atoms with van der Waals surface area (Å²) < 4.78 is 96.2. The van der Waals surface area contributed by atoms with Crippen LogP contribution in [0.4, 0.5) is 11.4 Å². The predicted octanol–water partition coefficient (Wildman–Crippen LogP) is 0.815. The Morgan fingerprint density at radius 2 is 1.17 bits per heavy atom. The van der Waals surface area contributed by atoms with Crippen molar-refractivity contribution in [1.29, 1.82) is 0 Å². The molecule has 0 fully saturated rings. The van der Waals surface area contributed by atoms with Crippen LogP contribution < -0.4 is 0 Å². The van der Waals surface area contributed by atoms with E-state index < -0.39 is 84.4 Å². The van der Waals surface area contributed by atoms with Gasteiger partial charge in [-0.2, -0.15) is 25.3 Å². The molecule has 0 radical (unpaired) electrons. The number of azo groups is 1. The van der Waals surface area contributed by atoms with Gasteiger partial charge in [0.05, 0.1) is 15.2 Å². The van der Waals surface area contributed by atoms with Crippen LogP contribution in [0.25, 0.3) is 10.8 Å². The number of phenolic OH excluding ortho intramolecular Hbond substituents is 3. The molecule has 0 aliphatic heterocycles. The van der Waals surface area contributed by atoms with Crippen molar-refractivity contribution in [1.82, 2.24) is 0 Å². The monoisotopic (exact) mass is 568 g/mol. The molecule has 0 amide bonds. The SMILES string of the molecule is O=S(=O)(O)c1ccc(N=Nc2c(S(=O)(=O)O)cc3cc(S(=O)(=O)O)cc(O)c3c2O)c(O)c1.[NaH].[NaH].